The van der Waals surface area contributed by atoms with Gasteiger partial charge in [0.2, 0.25) is 5.95 Å². The summed E-state index contributed by atoms with van der Waals surface area (Å²) < 4.78 is 2.56. The summed E-state index contributed by atoms with van der Waals surface area (Å²) >= 11 is 8.73. The van der Waals surface area contributed by atoms with Crippen molar-refractivity contribution in [2.75, 3.05) is 16.5 Å². The Hall–Kier alpha value is -2.38. The Morgan fingerprint density at radius 1 is 1.13 bits per heavy atom. The Bertz CT molecular complexity index is 831. The third-order valence-corrected chi connectivity index (χ3v) is 3.79. The van der Waals surface area contributed by atoms with Crippen molar-refractivity contribution in [2.24, 2.45) is 0 Å². The topological polar surface area (TPSA) is 67.9 Å². The molecule has 0 aliphatic rings. The van der Waals surface area contributed by atoms with Gasteiger partial charge in [0.15, 0.2) is 5.11 Å². The molecular weight excluding hydrogens is 374 g/mol. The monoisotopic (exact) mass is 387 g/mol. The van der Waals surface area contributed by atoms with E-state index < -0.39 is 0 Å². The number of nitrogens with one attached hydrogen (secondary N) is 2. The normalized spacial score (nSPS) is 10.3. The number of nitrogens with two attached hydrogens (primary N) is 1. The van der Waals surface area contributed by atoms with Gasteiger partial charge in [-0.25, -0.2) is 9.66 Å². The van der Waals surface area contributed by atoms with Crippen LogP contribution in [0.5, 0.6) is 0 Å². The molecule has 0 atom stereocenters. The minimum Gasteiger partial charge on any atom is -0.368 e. The van der Waals surface area contributed by atoms with Crippen LogP contribution in [-0.2, 0) is 0 Å². The summed E-state index contributed by atoms with van der Waals surface area (Å²) in [4.78, 5) is 4.34. The summed E-state index contributed by atoms with van der Waals surface area (Å²) in [6.07, 6.45) is 1.81. The first-order valence-corrected chi connectivity index (χ1v) is 8.06. The van der Waals surface area contributed by atoms with Gasteiger partial charge in [0.05, 0.1) is 11.9 Å². The molecule has 5 nitrogen and oxygen atoms in total. The Kier molecular flexibility index (Phi) is 4.59. The van der Waals surface area contributed by atoms with Crippen LogP contribution in [0.25, 0.3) is 11.3 Å². The Morgan fingerprint density at radius 3 is 2.65 bits per heavy atom. The fourth-order valence-corrected chi connectivity index (χ4v) is 2.68. The van der Waals surface area contributed by atoms with E-state index in [0.29, 0.717) is 11.1 Å². The number of halogens is 1. The molecule has 0 spiro atoms. The third kappa shape index (κ3) is 3.88. The van der Waals surface area contributed by atoms with Crippen molar-refractivity contribution in [3.05, 3.63) is 65.3 Å². The first-order valence-electron chi connectivity index (χ1n) is 6.86. The Balaban J connectivity index is 1.73. The molecule has 1 aromatic heterocycles. The average Bonchev–Trinajstić information content (AvgIpc) is 2.89. The molecule has 0 aliphatic heterocycles. The lowest BCUT2D eigenvalue weighted by Crippen LogP contribution is -2.27. The van der Waals surface area contributed by atoms with Crippen LogP contribution < -0.4 is 16.5 Å². The maximum Gasteiger partial charge on any atom is 0.220 e. The van der Waals surface area contributed by atoms with E-state index >= 15 is 0 Å². The summed E-state index contributed by atoms with van der Waals surface area (Å²) in [5.41, 5.74) is 11.6. The van der Waals surface area contributed by atoms with Crippen molar-refractivity contribution in [1.29, 1.82) is 0 Å². The Labute approximate surface area is 147 Å². The van der Waals surface area contributed by atoms with Gasteiger partial charge in [-0.1, -0.05) is 52.3 Å². The number of nitrogens with zero attached hydrogens (tertiary/aromatic N) is 2. The summed E-state index contributed by atoms with van der Waals surface area (Å²) in [6.45, 7) is 0. The van der Waals surface area contributed by atoms with Crippen molar-refractivity contribution < 1.29 is 0 Å². The highest BCUT2D eigenvalue weighted by atomic mass is 79.9. The van der Waals surface area contributed by atoms with Crippen LogP contribution >= 0.6 is 28.1 Å². The second-order valence-corrected chi connectivity index (χ2v) is 6.12. The predicted octanol–water partition coefficient (Wildman–Crippen LogP) is 3.84. The number of thiocarbonyl (C=S) groups is 1. The Morgan fingerprint density at radius 2 is 1.91 bits per heavy atom. The van der Waals surface area contributed by atoms with Gasteiger partial charge < -0.3 is 11.1 Å². The van der Waals surface area contributed by atoms with Crippen molar-refractivity contribution in [1.82, 2.24) is 9.66 Å². The summed E-state index contributed by atoms with van der Waals surface area (Å²) in [5, 5.41) is 3.52. The van der Waals surface area contributed by atoms with Gasteiger partial charge >= 0.3 is 0 Å². The van der Waals surface area contributed by atoms with Crippen molar-refractivity contribution in [3.63, 3.8) is 0 Å². The van der Waals surface area contributed by atoms with Crippen LogP contribution in [0.15, 0.2) is 65.3 Å². The SMILES string of the molecule is Nc1nc(-c2ccccc2)cn1NC(=S)Nc1cccc(Br)c1. The molecule has 3 rings (SSSR count). The standard InChI is InChI=1S/C16H14BrN5S/c17-12-7-4-8-13(9-12)19-16(23)21-22-10-14(20-15(22)18)11-5-2-1-3-6-11/h1-10H,(H2,18,20)(H2,19,21,23). The van der Waals surface area contributed by atoms with Gasteiger partial charge in [-0.2, -0.15) is 0 Å². The molecule has 4 N–H and O–H groups in total. The van der Waals surface area contributed by atoms with Gasteiger partial charge in [0.25, 0.3) is 0 Å². The smallest absolute Gasteiger partial charge is 0.220 e. The molecule has 0 saturated heterocycles. The van der Waals surface area contributed by atoms with Crippen LogP contribution in [0.3, 0.4) is 0 Å². The van der Waals surface area contributed by atoms with E-state index in [2.05, 4.69) is 31.7 Å². The molecule has 116 valence electrons. The van der Waals surface area contributed by atoms with E-state index in [1.807, 2.05) is 54.6 Å². The quantitative estimate of drug-likeness (QED) is 0.595. The van der Waals surface area contributed by atoms with E-state index in [1.165, 1.54) is 0 Å². The number of anilines is 2. The fourth-order valence-electron chi connectivity index (χ4n) is 2.07. The number of benzene rings is 2. The highest BCUT2D eigenvalue weighted by molar-refractivity contribution is 9.10. The van der Waals surface area contributed by atoms with E-state index in [9.17, 15) is 0 Å². The van der Waals surface area contributed by atoms with Crippen molar-refractivity contribution >= 4 is 44.9 Å². The highest BCUT2D eigenvalue weighted by Gasteiger charge is 2.08. The summed E-state index contributed by atoms with van der Waals surface area (Å²) in [6, 6.07) is 17.5. The lowest BCUT2D eigenvalue weighted by atomic mass is 10.2. The van der Waals surface area contributed by atoms with Crippen LogP contribution in [0.2, 0.25) is 0 Å². The number of hydrogen-bond acceptors (Lipinski definition) is 3. The molecule has 7 heteroatoms. The zero-order valence-corrected chi connectivity index (χ0v) is 14.4. The second kappa shape index (κ2) is 6.80. The maximum absolute atomic E-state index is 5.94. The number of nitrogen functional groups attached to an aromatic ring is 1. The molecule has 0 saturated carbocycles. The molecular formula is C16H14BrN5S. The van der Waals surface area contributed by atoms with Crippen LogP contribution in [0.4, 0.5) is 11.6 Å². The largest absolute Gasteiger partial charge is 0.368 e. The van der Waals surface area contributed by atoms with E-state index in [1.54, 1.807) is 10.9 Å². The summed E-state index contributed by atoms with van der Waals surface area (Å²) in [5.74, 6) is 0.335. The third-order valence-electron chi connectivity index (χ3n) is 3.11. The molecule has 3 aromatic rings. The zero-order valence-electron chi connectivity index (χ0n) is 12.0. The molecule has 23 heavy (non-hydrogen) atoms. The number of rotatable bonds is 3. The first kappa shape index (κ1) is 15.5. The molecule has 2 aromatic carbocycles. The fraction of sp³-hybridized carbons (Fsp3) is 0. The summed E-state index contributed by atoms with van der Waals surface area (Å²) in [7, 11) is 0. The number of imidazole rings is 1. The van der Waals surface area contributed by atoms with Crippen LogP contribution in [0.1, 0.15) is 0 Å². The molecule has 0 unspecified atom stereocenters. The molecule has 0 aliphatic carbocycles. The lowest BCUT2D eigenvalue weighted by molar-refractivity contribution is 0.994. The van der Waals surface area contributed by atoms with Crippen LogP contribution in [-0.4, -0.2) is 14.8 Å². The van der Waals surface area contributed by atoms with Gasteiger partial charge in [-0.15, -0.1) is 0 Å². The molecule has 0 amide bonds. The highest BCUT2D eigenvalue weighted by Crippen LogP contribution is 2.19. The number of hydrogen-bond donors (Lipinski definition) is 3. The molecule has 0 bridgehead atoms. The van der Waals surface area contributed by atoms with Gasteiger partial charge in [-0.3, -0.25) is 5.43 Å². The maximum atomic E-state index is 5.94. The van der Waals surface area contributed by atoms with Crippen molar-refractivity contribution in [2.45, 2.75) is 0 Å². The molecule has 0 fully saturated rings. The van der Waals surface area contributed by atoms with Crippen LogP contribution in [0, 0.1) is 0 Å². The molecule has 0 radical (unpaired) electrons. The number of aromatic nitrogens is 2. The predicted molar refractivity (Wildman–Crippen MR) is 102 cm³/mol. The minimum absolute atomic E-state index is 0.335. The average molecular weight is 388 g/mol. The van der Waals surface area contributed by atoms with E-state index in [-0.39, 0.29) is 0 Å². The first-order chi connectivity index (χ1) is 11.1. The van der Waals surface area contributed by atoms with E-state index in [4.69, 9.17) is 18.0 Å². The minimum atomic E-state index is 0.335. The van der Waals surface area contributed by atoms with Gasteiger partial charge in [-0.05, 0) is 30.4 Å². The van der Waals surface area contributed by atoms with Crippen molar-refractivity contribution in [3.8, 4) is 11.3 Å². The van der Waals surface area contributed by atoms with Gasteiger partial charge in [0.1, 0.15) is 0 Å². The van der Waals surface area contributed by atoms with E-state index in [0.717, 1.165) is 21.4 Å². The van der Waals surface area contributed by atoms with Gasteiger partial charge in [0, 0.05) is 15.7 Å². The zero-order chi connectivity index (χ0) is 16.2. The lowest BCUT2D eigenvalue weighted by Gasteiger charge is -2.11. The second-order valence-electron chi connectivity index (χ2n) is 4.80. The molecule has 1 heterocycles.